The number of fused-ring (bicyclic) bond motifs is 1. The van der Waals surface area contributed by atoms with Gasteiger partial charge in [-0.25, -0.2) is 4.39 Å². The van der Waals surface area contributed by atoms with E-state index in [4.69, 9.17) is 0 Å². The fourth-order valence-corrected chi connectivity index (χ4v) is 3.09. The molecule has 0 aliphatic carbocycles. The molecule has 3 rings (SSSR count). The maximum atomic E-state index is 13.7. The summed E-state index contributed by atoms with van der Waals surface area (Å²) in [5, 5.41) is 4.33. The van der Waals surface area contributed by atoms with Crippen LogP contribution in [0.2, 0.25) is 0 Å². The zero-order valence-electron chi connectivity index (χ0n) is 11.5. The van der Waals surface area contributed by atoms with Crippen LogP contribution in [0.3, 0.4) is 0 Å². The molecule has 0 aliphatic rings. The molecule has 4 heteroatoms. The molecule has 2 aromatic carbocycles. The standard InChI is InChI=1S/C17H14BrFN2/c1-20-16(12-8-13(18)10-14(19)9-12)15-6-2-4-11-5-3-7-21-17(11)15/h2-10,16,20H,1H3. The Kier molecular flexibility index (Phi) is 3.99. The van der Waals surface area contributed by atoms with Gasteiger partial charge in [0.15, 0.2) is 0 Å². The Labute approximate surface area is 131 Å². The van der Waals surface area contributed by atoms with Crippen molar-refractivity contribution in [1.82, 2.24) is 10.3 Å². The molecule has 2 nitrogen and oxygen atoms in total. The summed E-state index contributed by atoms with van der Waals surface area (Å²) in [7, 11) is 1.87. The molecule has 21 heavy (non-hydrogen) atoms. The van der Waals surface area contributed by atoms with Crippen molar-refractivity contribution in [2.75, 3.05) is 7.05 Å². The second-order valence-electron chi connectivity index (χ2n) is 4.85. The van der Waals surface area contributed by atoms with Crippen molar-refractivity contribution in [3.8, 4) is 0 Å². The Morgan fingerprint density at radius 2 is 1.95 bits per heavy atom. The van der Waals surface area contributed by atoms with Crippen LogP contribution in [0.4, 0.5) is 4.39 Å². The van der Waals surface area contributed by atoms with Gasteiger partial charge in [-0.3, -0.25) is 4.98 Å². The Morgan fingerprint density at radius 1 is 1.14 bits per heavy atom. The van der Waals surface area contributed by atoms with Crippen LogP contribution in [-0.4, -0.2) is 12.0 Å². The van der Waals surface area contributed by atoms with Crippen LogP contribution in [-0.2, 0) is 0 Å². The van der Waals surface area contributed by atoms with Crippen LogP contribution >= 0.6 is 15.9 Å². The van der Waals surface area contributed by atoms with E-state index in [2.05, 4.69) is 26.2 Å². The molecule has 106 valence electrons. The van der Waals surface area contributed by atoms with Gasteiger partial charge in [-0.1, -0.05) is 40.2 Å². The van der Waals surface area contributed by atoms with Gasteiger partial charge in [-0.05, 0) is 42.4 Å². The largest absolute Gasteiger partial charge is 0.309 e. The number of aromatic nitrogens is 1. The first-order chi connectivity index (χ1) is 10.2. The lowest BCUT2D eigenvalue weighted by Gasteiger charge is -2.19. The molecular weight excluding hydrogens is 331 g/mol. The summed E-state index contributed by atoms with van der Waals surface area (Å²) in [4.78, 5) is 4.47. The van der Waals surface area contributed by atoms with E-state index >= 15 is 0 Å². The van der Waals surface area contributed by atoms with Crippen molar-refractivity contribution in [3.63, 3.8) is 0 Å². The first kappa shape index (κ1) is 14.2. The molecule has 1 atom stereocenters. The maximum absolute atomic E-state index is 13.7. The zero-order chi connectivity index (χ0) is 14.8. The van der Waals surface area contributed by atoms with E-state index in [0.717, 1.165) is 26.5 Å². The van der Waals surface area contributed by atoms with Crippen LogP contribution in [0.1, 0.15) is 17.2 Å². The van der Waals surface area contributed by atoms with Gasteiger partial charge in [0.2, 0.25) is 0 Å². The highest BCUT2D eigenvalue weighted by atomic mass is 79.9. The lowest BCUT2D eigenvalue weighted by Crippen LogP contribution is -2.18. The van der Waals surface area contributed by atoms with Crippen LogP contribution in [0, 0.1) is 5.82 Å². The van der Waals surface area contributed by atoms with Gasteiger partial charge in [-0.15, -0.1) is 0 Å². The summed E-state index contributed by atoms with van der Waals surface area (Å²) in [5.74, 6) is -0.257. The highest BCUT2D eigenvalue weighted by Crippen LogP contribution is 2.29. The number of nitrogens with one attached hydrogen (secondary N) is 1. The fourth-order valence-electron chi connectivity index (χ4n) is 2.60. The number of rotatable bonds is 3. The average molecular weight is 345 g/mol. The summed E-state index contributed by atoms with van der Waals surface area (Å²) >= 11 is 3.35. The molecule has 0 saturated heterocycles. The van der Waals surface area contributed by atoms with Gasteiger partial charge in [0.25, 0.3) is 0 Å². The van der Waals surface area contributed by atoms with E-state index < -0.39 is 0 Å². The molecule has 1 N–H and O–H groups in total. The molecule has 0 radical (unpaired) electrons. The Hall–Kier alpha value is -1.78. The molecular formula is C17H14BrFN2. The maximum Gasteiger partial charge on any atom is 0.124 e. The average Bonchev–Trinajstić information content (AvgIpc) is 2.47. The summed E-state index contributed by atoms with van der Waals surface area (Å²) in [6.45, 7) is 0. The van der Waals surface area contributed by atoms with Crippen molar-refractivity contribution >= 4 is 26.8 Å². The zero-order valence-corrected chi connectivity index (χ0v) is 13.1. The highest BCUT2D eigenvalue weighted by molar-refractivity contribution is 9.10. The second kappa shape index (κ2) is 5.92. The Bertz CT molecular complexity index is 763. The number of hydrogen-bond donors (Lipinski definition) is 1. The van der Waals surface area contributed by atoms with Gasteiger partial charge in [0.1, 0.15) is 5.82 Å². The first-order valence-corrected chi connectivity index (χ1v) is 7.45. The number of benzene rings is 2. The normalized spacial score (nSPS) is 12.5. The topological polar surface area (TPSA) is 24.9 Å². The van der Waals surface area contributed by atoms with Crippen LogP contribution in [0.25, 0.3) is 10.9 Å². The van der Waals surface area contributed by atoms with Gasteiger partial charge in [0.05, 0.1) is 11.6 Å². The van der Waals surface area contributed by atoms with Gasteiger partial charge >= 0.3 is 0 Å². The van der Waals surface area contributed by atoms with Gasteiger partial charge < -0.3 is 5.32 Å². The van der Waals surface area contributed by atoms with Crippen LogP contribution in [0.15, 0.2) is 59.2 Å². The van der Waals surface area contributed by atoms with Crippen LogP contribution < -0.4 is 5.32 Å². The number of hydrogen-bond acceptors (Lipinski definition) is 2. The number of nitrogens with zero attached hydrogens (tertiary/aromatic N) is 1. The van der Waals surface area contributed by atoms with E-state index in [1.54, 1.807) is 12.3 Å². The summed E-state index contributed by atoms with van der Waals surface area (Å²) in [6.07, 6.45) is 1.78. The predicted octanol–water partition coefficient (Wildman–Crippen LogP) is 4.45. The van der Waals surface area contributed by atoms with Crippen molar-refractivity contribution in [2.45, 2.75) is 6.04 Å². The van der Waals surface area contributed by atoms with Crippen molar-refractivity contribution in [1.29, 1.82) is 0 Å². The SMILES string of the molecule is CNC(c1cc(F)cc(Br)c1)c1cccc2cccnc12. The minimum Gasteiger partial charge on any atom is -0.309 e. The lowest BCUT2D eigenvalue weighted by atomic mass is 9.96. The third-order valence-electron chi connectivity index (χ3n) is 3.48. The quantitative estimate of drug-likeness (QED) is 0.759. The third kappa shape index (κ3) is 2.82. The monoisotopic (exact) mass is 344 g/mol. The molecule has 1 heterocycles. The van der Waals surface area contributed by atoms with E-state index in [-0.39, 0.29) is 11.9 Å². The number of halogens is 2. The summed E-state index contributed by atoms with van der Waals surface area (Å²) in [5.41, 5.74) is 2.83. The molecule has 0 bridgehead atoms. The minimum absolute atomic E-state index is 0.115. The Morgan fingerprint density at radius 3 is 2.71 bits per heavy atom. The van der Waals surface area contributed by atoms with E-state index in [0.29, 0.717) is 0 Å². The Balaban J connectivity index is 2.18. The molecule has 0 amide bonds. The van der Waals surface area contributed by atoms with E-state index in [9.17, 15) is 4.39 Å². The smallest absolute Gasteiger partial charge is 0.124 e. The summed E-state index contributed by atoms with van der Waals surface area (Å²) < 4.78 is 14.4. The first-order valence-electron chi connectivity index (χ1n) is 6.66. The molecule has 0 fully saturated rings. The third-order valence-corrected chi connectivity index (χ3v) is 3.94. The second-order valence-corrected chi connectivity index (χ2v) is 5.76. The lowest BCUT2D eigenvalue weighted by molar-refractivity contribution is 0.616. The minimum atomic E-state index is -0.257. The van der Waals surface area contributed by atoms with Gasteiger partial charge in [0, 0.05) is 16.1 Å². The van der Waals surface area contributed by atoms with Gasteiger partial charge in [-0.2, -0.15) is 0 Å². The van der Waals surface area contributed by atoms with E-state index in [1.165, 1.54) is 6.07 Å². The van der Waals surface area contributed by atoms with E-state index in [1.807, 2.05) is 43.4 Å². The highest BCUT2D eigenvalue weighted by Gasteiger charge is 2.16. The molecule has 0 saturated carbocycles. The molecule has 0 aliphatic heterocycles. The fraction of sp³-hybridized carbons (Fsp3) is 0.118. The van der Waals surface area contributed by atoms with Crippen LogP contribution in [0.5, 0.6) is 0 Å². The van der Waals surface area contributed by atoms with Crippen molar-refractivity contribution in [3.05, 3.63) is 76.1 Å². The number of pyridine rings is 1. The van der Waals surface area contributed by atoms with Crippen molar-refractivity contribution < 1.29 is 4.39 Å². The molecule has 1 aromatic heterocycles. The molecule has 1 unspecified atom stereocenters. The summed E-state index contributed by atoms with van der Waals surface area (Å²) in [6, 6.07) is 14.8. The van der Waals surface area contributed by atoms with Crippen molar-refractivity contribution in [2.24, 2.45) is 0 Å². The molecule has 3 aromatic rings. The molecule has 0 spiro atoms. The number of para-hydroxylation sites is 1. The predicted molar refractivity (Wildman–Crippen MR) is 86.7 cm³/mol.